The molecule has 2 fully saturated rings. The molecular formula is C12H16N4. The van der Waals surface area contributed by atoms with Crippen LogP contribution in [0, 0.1) is 11.3 Å². The van der Waals surface area contributed by atoms with Crippen LogP contribution in [0.15, 0.2) is 18.3 Å². The number of rotatable bonds is 2. The number of nitrogens with zero attached hydrogens (tertiary/aromatic N) is 2. The third-order valence-electron chi connectivity index (χ3n) is 3.76. The maximum Gasteiger partial charge on any atom is 0.143 e. The summed E-state index contributed by atoms with van der Waals surface area (Å²) in [6, 6.07) is 4.60. The first kappa shape index (κ1) is 9.63. The van der Waals surface area contributed by atoms with Crippen molar-refractivity contribution in [2.45, 2.75) is 25.3 Å². The zero-order valence-corrected chi connectivity index (χ0v) is 9.19. The number of amidine groups is 1. The van der Waals surface area contributed by atoms with E-state index in [4.69, 9.17) is 11.1 Å². The molecule has 1 aliphatic carbocycles. The van der Waals surface area contributed by atoms with Crippen molar-refractivity contribution in [2.75, 3.05) is 11.4 Å². The number of hydrogen-bond donors (Lipinski definition) is 2. The predicted molar refractivity (Wildman–Crippen MR) is 63.7 cm³/mol. The van der Waals surface area contributed by atoms with Gasteiger partial charge in [-0.15, -0.1) is 0 Å². The van der Waals surface area contributed by atoms with E-state index in [1.807, 2.05) is 12.1 Å². The van der Waals surface area contributed by atoms with Crippen molar-refractivity contribution in [1.82, 2.24) is 4.98 Å². The zero-order valence-electron chi connectivity index (χ0n) is 9.19. The van der Waals surface area contributed by atoms with Crippen LogP contribution in [-0.2, 0) is 0 Å². The SMILES string of the molecule is N=C(N)c1ncccc1N1CC2CCC1C2. The van der Waals surface area contributed by atoms with Crippen LogP contribution in [0.4, 0.5) is 5.69 Å². The van der Waals surface area contributed by atoms with E-state index in [9.17, 15) is 0 Å². The van der Waals surface area contributed by atoms with Gasteiger partial charge in [0.25, 0.3) is 0 Å². The summed E-state index contributed by atoms with van der Waals surface area (Å²) in [4.78, 5) is 6.60. The van der Waals surface area contributed by atoms with E-state index in [0.717, 1.165) is 18.2 Å². The van der Waals surface area contributed by atoms with Gasteiger partial charge < -0.3 is 10.6 Å². The standard InChI is InChI=1S/C12H16N4/c13-12(14)11-10(2-1-5-15-11)16-7-8-3-4-9(16)6-8/h1-2,5,8-9H,3-4,6-7H2,(H3,13,14). The summed E-state index contributed by atoms with van der Waals surface area (Å²) in [5.74, 6) is 0.906. The molecule has 2 heterocycles. The number of nitrogens with two attached hydrogens (primary N) is 1. The van der Waals surface area contributed by atoms with Gasteiger partial charge in [0.05, 0.1) is 5.69 Å². The molecule has 0 aromatic carbocycles. The summed E-state index contributed by atoms with van der Waals surface area (Å²) in [5.41, 5.74) is 7.25. The molecule has 16 heavy (non-hydrogen) atoms. The van der Waals surface area contributed by atoms with Gasteiger partial charge in [-0.1, -0.05) is 0 Å². The quantitative estimate of drug-likeness (QED) is 0.579. The van der Waals surface area contributed by atoms with Gasteiger partial charge in [0, 0.05) is 18.8 Å². The molecule has 0 amide bonds. The number of hydrogen-bond acceptors (Lipinski definition) is 3. The minimum absolute atomic E-state index is 0.0679. The lowest BCUT2D eigenvalue weighted by Gasteiger charge is -2.30. The van der Waals surface area contributed by atoms with Crippen LogP contribution >= 0.6 is 0 Å². The van der Waals surface area contributed by atoms with E-state index >= 15 is 0 Å². The molecule has 1 aromatic heterocycles. The summed E-state index contributed by atoms with van der Waals surface area (Å²) < 4.78 is 0. The lowest BCUT2D eigenvalue weighted by atomic mass is 10.1. The maximum atomic E-state index is 7.56. The minimum Gasteiger partial charge on any atom is -0.382 e. The van der Waals surface area contributed by atoms with Crippen molar-refractivity contribution in [1.29, 1.82) is 5.41 Å². The molecular weight excluding hydrogens is 200 g/mol. The van der Waals surface area contributed by atoms with Crippen LogP contribution in [0.1, 0.15) is 25.0 Å². The monoisotopic (exact) mass is 216 g/mol. The second kappa shape index (κ2) is 3.47. The molecule has 1 aromatic rings. The average molecular weight is 216 g/mol. The van der Waals surface area contributed by atoms with E-state index < -0.39 is 0 Å². The highest BCUT2D eigenvalue weighted by molar-refractivity contribution is 5.98. The van der Waals surface area contributed by atoms with E-state index in [1.54, 1.807) is 6.20 Å². The molecule has 1 saturated heterocycles. The van der Waals surface area contributed by atoms with Crippen LogP contribution in [0.2, 0.25) is 0 Å². The summed E-state index contributed by atoms with van der Waals surface area (Å²) >= 11 is 0. The third kappa shape index (κ3) is 1.37. The molecule has 4 nitrogen and oxygen atoms in total. The summed E-state index contributed by atoms with van der Waals surface area (Å²) in [6.45, 7) is 1.11. The Bertz CT molecular complexity index is 429. The third-order valence-corrected chi connectivity index (χ3v) is 3.76. The highest BCUT2D eigenvalue weighted by atomic mass is 15.2. The van der Waals surface area contributed by atoms with Gasteiger partial charge in [-0.3, -0.25) is 10.4 Å². The second-order valence-electron chi connectivity index (χ2n) is 4.77. The Morgan fingerprint density at radius 3 is 3.00 bits per heavy atom. The molecule has 2 bridgehead atoms. The van der Waals surface area contributed by atoms with Gasteiger partial charge in [0.1, 0.15) is 11.5 Å². The highest BCUT2D eigenvalue weighted by Gasteiger charge is 2.38. The van der Waals surface area contributed by atoms with Crippen LogP contribution in [0.25, 0.3) is 0 Å². The maximum absolute atomic E-state index is 7.56. The van der Waals surface area contributed by atoms with Gasteiger partial charge in [-0.25, -0.2) is 0 Å². The van der Waals surface area contributed by atoms with Crippen molar-refractivity contribution >= 4 is 11.5 Å². The molecule has 0 radical (unpaired) electrons. The molecule has 84 valence electrons. The van der Waals surface area contributed by atoms with Crippen LogP contribution in [0.3, 0.4) is 0 Å². The Labute approximate surface area is 95.0 Å². The van der Waals surface area contributed by atoms with E-state index in [2.05, 4.69) is 9.88 Å². The first-order valence-electron chi connectivity index (χ1n) is 5.82. The van der Waals surface area contributed by atoms with Gasteiger partial charge in [-0.05, 0) is 37.3 Å². The Morgan fingerprint density at radius 1 is 1.50 bits per heavy atom. The van der Waals surface area contributed by atoms with Crippen LogP contribution in [-0.4, -0.2) is 23.4 Å². The molecule has 0 spiro atoms. The molecule has 1 saturated carbocycles. The molecule has 3 N–H and O–H groups in total. The first-order valence-corrected chi connectivity index (χ1v) is 5.82. The molecule has 2 unspecified atom stereocenters. The zero-order chi connectivity index (χ0) is 11.1. The van der Waals surface area contributed by atoms with Gasteiger partial charge in [-0.2, -0.15) is 0 Å². The number of fused-ring (bicyclic) bond motifs is 2. The Morgan fingerprint density at radius 2 is 2.38 bits per heavy atom. The van der Waals surface area contributed by atoms with Crippen molar-refractivity contribution in [3.8, 4) is 0 Å². The average Bonchev–Trinajstić information content (AvgIpc) is 2.90. The van der Waals surface area contributed by atoms with Crippen molar-refractivity contribution in [3.63, 3.8) is 0 Å². The van der Waals surface area contributed by atoms with Crippen molar-refractivity contribution in [3.05, 3.63) is 24.0 Å². The van der Waals surface area contributed by atoms with E-state index in [1.165, 1.54) is 19.3 Å². The highest BCUT2D eigenvalue weighted by Crippen LogP contribution is 2.40. The first-order chi connectivity index (χ1) is 7.75. The van der Waals surface area contributed by atoms with Crippen molar-refractivity contribution in [2.24, 2.45) is 11.7 Å². The fourth-order valence-corrected chi connectivity index (χ4v) is 3.06. The number of aromatic nitrogens is 1. The molecule has 3 rings (SSSR count). The normalized spacial score (nSPS) is 27.4. The molecule has 4 heteroatoms. The van der Waals surface area contributed by atoms with Gasteiger partial charge in [0.2, 0.25) is 0 Å². The summed E-state index contributed by atoms with van der Waals surface area (Å²) in [6.07, 6.45) is 5.63. The smallest absolute Gasteiger partial charge is 0.143 e. The fraction of sp³-hybridized carbons (Fsp3) is 0.500. The van der Waals surface area contributed by atoms with Crippen molar-refractivity contribution < 1.29 is 0 Å². The molecule has 1 aliphatic heterocycles. The Hall–Kier alpha value is -1.58. The lowest BCUT2D eigenvalue weighted by Crippen LogP contribution is -2.34. The minimum atomic E-state index is 0.0679. The Balaban J connectivity index is 1.97. The lowest BCUT2D eigenvalue weighted by molar-refractivity contribution is 0.553. The Kier molecular flexibility index (Phi) is 2.09. The summed E-state index contributed by atoms with van der Waals surface area (Å²) in [7, 11) is 0. The number of pyridine rings is 1. The van der Waals surface area contributed by atoms with E-state index in [0.29, 0.717) is 11.7 Å². The predicted octanol–water partition coefficient (Wildman–Crippen LogP) is 1.35. The molecule has 2 atom stereocenters. The fourth-order valence-electron chi connectivity index (χ4n) is 3.06. The number of nitrogen functional groups attached to an aromatic ring is 1. The summed E-state index contributed by atoms with van der Waals surface area (Å²) in [5, 5.41) is 7.56. The van der Waals surface area contributed by atoms with Crippen LogP contribution < -0.4 is 10.6 Å². The molecule has 2 aliphatic rings. The van der Waals surface area contributed by atoms with Crippen LogP contribution in [0.5, 0.6) is 0 Å². The van der Waals surface area contributed by atoms with Gasteiger partial charge in [0.15, 0.2) is 0 Å². The number of anilines is 1. The number of nitrogens with one attached hydrogen (secondary N) is 1. The number of piperidine rings is 1. The largest absolute Gasteiger partial charge is 0.382 e. The van der Waals surface area contributed by atoms with Gasteiger partial charge >= 0.3 is 0 Å². The topological polar surface area (TPSA) is 66.0 Å². The van der Waals surface area contributed by atoms with E-state index in [-0.39, 0.29) is 5.84 Å². The second-order valence-corrected chi connectivity index (χ2v) is 4.77.